The molecule has 2 aliphatic heterocycles. The second kappa shape index (κ2) is 11.0. The van der Waals surface area contributed by atoms with Crippen LogP contribution >= 0.6 is 0 Å². The van der Waals surface area contributed by atoms with Crippen LogP contribution in [0.1, 0.15) is 25.0 Å². The molecule has 0 fully saturated rings. The van der Waals surface area contributed by atoms with E-state index in [-0.39, 0.29) is 5.41 Å². The first-order valence-corrected chi connectivity index (χ1v) is 18.9. The number of nitrogens with zero attached hydrogens (tertiary/aromatic N) is 2. The number of ether oxygens (including phenoxy) is 2. The van der Waals surface area contributed by atoms with Gasteiger partial charge in [-0.25, -0.2) is 0 Å². The van der Waals surface area contributed by atoms with E-state index in [0.29, 0.717) is 0 Å². The minimum Gasteiger partial charge on any atom is -0.453 e. The molecule has 12 rings (SSSR count). The number of anilines is 3. The quantitative estimate of drug-likeness (QED) is 0.178. The molecular formula is C51H34N2O2. The fourth-order valence-electron chi connectivity index (χ4n) is 9.32. The minimum atomic E-state index is -0.104. The van der Waals surface area contributed by atoms with Crippen molar-refractivity contribution >= 4 is 38.9 Å². The maximum atomic E-state index is 6.64. The van der Waals surface area contributed by atoms with E-state index >= 15 is 0 Å². The van der Waals surface area contributed by atoms with Crippen molar-refractivity contribution in [2.45, 2.75) is 19.3 Å². The highest BCUT2D eigenvalue weighted by molar-refractivity contribution is 6.16. The number of benzene rings is 8. The van der Waals surface area contributed by atoms with Crippen LogP contribution in [0.4, 0.5) is 17.1 Å². The van der Waals surface area contributed by atoms with E-state index in [0.717, 1.165) is 78.7 Å². The highest BCUT2D eigenvalue weighted by Gasteiger charge is 2.36. The van der Waals surface area contributed by atoms with E-state index in [1.165, 1.54) is 33.4 Å². The van der Waals surface area contributed by atoms with Gasteiger partial charge in [0.05, 0.1) is 11.0 Å². The third-order valence-corrected chi connectivity index (χ3v) is 12.0. The number of rotatable bonds is 5. The topological polar surface area (TPSA) is 26.6 Å². The lowest BCUT2D eigenvalue weighted by Crippen LogP contribution is -2.16. The Balaban J connectivity index is 0.988. The predicted octanol–water partition coefficient (Wildman–Crippen LogP) is 14.1. The smallest absolute Gasteiger partial charge is 0.155 e. The Morgan fingerprint density at radius 2 is 1.00 bits per heavy atom. The number of aromatic nitrogens is 1. The number of hydrogen-bond acceptors (Lipinski definition) is 3. The lowest BCUT2D eigenvalue weighted by molar-refractivity contribution is 0.444. The van der Waals surface area contributed by atoms with Gasteiger partial charge in [0.2, 0.25) is 0 Å². The van der Waals surface area contributed by atoms with Crippen molar-refractivity contribution in [3.8, 4) is 62.1 Å². The Morgan fingerprint density at radius 1 is 0.418 bits per heavy atom. The monoisotopic (exact) mass is 706 g/mol. The van der Waals surface area contributed by atoms with Crippen molar-refractivity contribution in [1.82, 2.24) is 4.57 Å². The summed E-state index contributed by atoms with van der Waals surface area (Å²) in [6.45, 7) is 4.69. The minimum absolute atomic E-state index is 0.104. The third-order valence-electron chi connectivity index (χ3n) is 12.0. The molecule has 1 aliphatic carbocycles. The first-order valence-electron chi connectivity index (χ1n) is 18.9. The molecular weight excluding hydrogens is 673 g/mol. The van der Waals surface area contributed by atoms with Gasteiger partial charge >= 0.3 is 0 Å². The van der Waals surface area contributed by atoms with Gasteiger partial charge in [0, 0.05) is 33.2 Å². The molecule has 0 bridgehead atoms. The Labute approximate surface area is 319 Å². The summed E-state index contributed by atoms with van der Waals surface area (Å²) in [6.07, 6.45) is 0. The second-order valence-electron chi connectivity index (χ2n) is 15.4. The molecule has 55 heavy (non-hydrogen) atoms. The molecule has 8 aromatic carbocycles. The second-order valence-corrected chi connectivity index (χ2v) is 15.4. The summed E-state index contributed by atoms with van der Waals surface area (Å²) < 4.78 is 15.4. The fourth-order valence-corrected chi connectivity index (χ4v) is 9.32. The first-order chi connectivity index (χ1) is 27.0. The van der Waals surface area contributed by atoms with Gasteiger partial charge < -0.3 is 14.4 Å². The average Bonchev–Trinajstić information content (AvgIpc) is 3.69. The molecule has 0 spiro atoms. The molecule has 0 unspecified atom stereocenters. The van der Waals surface area contributed by atoms with Gasteiger partial charge in [-0.2, -0.15) is 0 Å². The standard InChI is InChI=1S/C51H34N2O2/c1-51(2)42-14-7-6-12-38(42)39-27-26-37(30-43(39)51)52(35-22-18-32(19-23-35)31-10-4-3-5-11-31)36-24-20-33(21-25-36)34-28-41-40-13-8-15-44-48(40)53-49(41)47(29-34)55-46-17-9-16-45(54-44)50(46)53/h3-30H,1-2H3. The largest absolute Gasteiger partial charge is 0.453 e. The van der Waals surface area contributed by atoms with Crippen LogP contribution in [-0.2, 0) is 5.41 Å². The van der Waals surface area contributed by atoms with Gasteiger partial charge in [-0.05, 0) is 111 Å². The van der Waals surface area contributed by atoms with Crippen molar-refractivity contribution in [2.24, 2.45) is 0 Å². The van der Waals surface area contributed by atoms with Crippen LogP contribution in [0.3, 0.4) is 0 Å². The molecule has 4 heteroatoms. The van der Waals surface area contributed by atoms with Crippen LogP contribution in [0.2, 0.25) is 0 Å². The Hall–Kier alpha value is -7.04. The zero-order valence-electron chi connectivity index (χ0n) is 30.4. The molecule has 0 N–H and O–H groups in total. The molecule has 0 saturated heterocycles. The summed E-state index contributed by atoms with van der Waals surface area (Å²) in [5.74, 6) is 3.34. The SMILES string of the molecule is CC1(C)c2ccccc2-c2ccc(N(c3ccc(-c4ccccc4)cc3)c3ccc(-c4cc5c6c(c4)c4cccc7c4n6-c4c(cccc4O5)O7)cc3)cc21. The Bertz CT molecular complexity index is 3050. The highest BCUT2D eigenvalue weighted by Crippen LogP contribution is 2.55. The van der Waals surface area contributed by atoms with Crippen LogP contribution < -0.4 is 14.4 Å². The summed E-state index contributed by atoms with van der Waals surface area (Å²) in [5.41, 5.74) is 16.4. The van der Waals surface area contributed by atoms with Gasteiger partial charge in [0.25, 0.3) is 0 Å². The molecule has 9 aromatic rings. The lowest BCUT2D eigenvalue weighted by atomic mass is 9.82. The Kier molecular flexibility index (Phi) is 6.09. The summed E-state index contributed by atoms with van der Waals surface area (Å²) in [7, 11) is 0. The van der Waals surface area contributed by atoms with Crippen LogP contribution in [0.5, 0.6) is 23.0 Å². The van der Waals surface area contributed by atoms with E-state index in [1.807, 2.05) is 18.2 Å². The van der Waals surface area contributed by atoms with E-state index in [9.17, 15) is 0 Å². The Morgan fingerprint density at radius 3 is 1.76 bits per heavy atom. The van der Waals surface area contributed by atoms with Crippen molar-refractivity contribution in [2.75, 3.05) is 4.90 Å². The highest BCUT2D eigenvalue weighted by atomic mass is 16.5. The lowest BCUT2D eigenvalue weighted by Gasteiger charge is -2.28. The zero-order chi connectivity index (χ0) is 36.4. The fraction of sp³-hybridized carbons (Fsp3) is 0.0588. The summed E-state index contributed by atoms with van der Waals surface area (Å²) in [6, 6.07) is 61.1. The third kappa shape index (κ3) is 4.28. The van der Waals surface area contributed by atoms with Gasteiger partial charge in [-0.3, -0.25) is 4.57 Å². The molecule has 260 valence electrons. The predicted molar refractivity (Wildman–Crippen MR) is 224 cm³/mol. The van der Waals surface area contributed by atoms with Crippen molar-refractivity contribution in [3.63, 3.8) is 0 Å². The average molecular weight is 707 g/mol. The normalized spacial score (nSPS) is 13.7. The molecule has 0 amide bonds. The summed E-state index contributed by atoms with van der Waals surface area (Å²) in [4.78, 5) is 2.38. The van der Waals surface area contributed by atoms with Gasteiger partial charge in [0.1, 0.15) is 5.69 Å². The van der Waals surface area contributed by atoms with Crippen molar-refractivity contribution < 1.29 is 9.47 Å². The summed E-state index contributed by atoms with van der Waals surface area (Å²) in [5, 5.41) is 2.31. The molecule has 0 radical (unpaired) electrons. The molecule has 3 heterocycles. The number of hydrogen-bond donors (Lipinski definition) is 0. The van der Waals surface area contributed by atoms with E-state index in [4.69, 9.17) is 9.47 Å². The van der Waals surface area contributed by atoms with E-state index in [1.54, 1.807) is 0 Å². The molecule has 4 nitrogen and oxygen atoms in total. The number of para-hydroxylation sites is 2. The molecule has 3 aliphatic rings. The van der Waals surface area contributed by atoms with E-state index in [2.05, 4.69) is 175 Å². The zero-order valence-corrected chi connectivity index (χ0v) is 30.4. The maximum Gasteiger partial charge on any atom is 0.155 e. The van der Waals surface area contributed by atoms with Gasteiger partial charge in [0.15, 0.2) is 23.0 Å². The van der Waals surface area contributed by atoms with Crippen LogP contribution in [-0.4, -0.2) is 4.57 Å². The van der Waals surface area contributed by atoms with Gasteiger partial charge in [-0.15, -0.1) is 0 Å². The van der Waals surface area contributed by atoms with Crippen molar-refractivity contribution in [1.29, 1.82) is 0 Å². The molecule has 1 aromatic heterocycles. The van der Waals surface area contributed by atoms with Crippen LogP contribution in [0, 0.1) is 0 Å². The van der Waals surface area contributed by atoms with Crippen LogP contribution in [0.15, 0.2) is 170 Å². The van der Waals surface area contributed by atoms with Gasteiger partial charge in [-0.1, -0.05) is 117 Å². The first kappa shape index (κ1) is 30.4. The van der Waals surface area contributed by atoms with Crippen molar-refractivity contribution in [3.05, 3.63) is 181 Å². The maximum absolute atomic E-state index is 6.64. The molecule has 0 atom stereocenters. The number of fused-ring (bicyclic) bond motifs is 4. The van der Waals surface area contributed by atoms with Crippen LogP contribution in [0.25, 0.3) is 60.9 Å². The molecule has 0 saturated carbocycles. The summed E-state index contributed by atoms with van der Waals surface area (Å²) >= 11 is 0. The van der Waals surface area contributed by atoms with E-state index < -0.39 is 0 Å².